The minimum absolute atomic E-state index is 0.0386. The number of benzene rings is 1. The van der Waals surface area contributed by atoms with E-state index in [0.29, 0.717) is 6.42 Å². The first-order valence-electron chi connectivity index (χ1n) is 6.18. The van der Waals surface area contributed by atoms with Crippen molar-refractivity contribution in [3.8, 4) is 0 Å². The smallest absolute Gasteiger partial charge is 0.311 e. The van der Waals surface area contributed by atoms with Crippen LogP contribution in [0.5, 0.6) is 0 Å². The van der Waals surface area contributed by atoms with Crippen LogP contribution in [0, 0.1) is 23.0 Å². The van der Waals surface area contributed by atoms with E-state index >= 15 is 0 Å². The highest BCUT2D eigenvalue weighted by atomic mass is 19.1. The average molecular weight is 271 g/mol. The van der Waals surface area contributed by atoms with Crippen molar-refractivity contribution in [1.82, 2.24) is 0 Å². The predicted octanol–water partition coefficient (Wildman–Crippen LogP) is 2.58. The third-order valence-corrected chi connectivity index (χ3v) is 3.19. The molecular weight excluding hydrogens is 252 g/mol. The summed E-state index contributed by atoms with van der Waals surface area (Å²) in [6.45, 7) is 3.68. The van der Waals surface area contributed by atoms with Crippen LogP contribution in [-0.2, 0) is 11.2 Å². The van der Waals surface area contributed by atoms with Crippen molar-refractivity contribution in [2.24, 2.45) is 17.1 Å². The van der Waals surface area contributed by atoms with E-state index in [1.165, 1.54) is 6.07 Å². The molecule has 0 aliphatic carbocycles. The number of nitrogens with two attached hydrogens (primary N) is 1. The van der Waals surface area contributed by atoms with Gasteiger partial charge >= 0.3 is 5.97 Å². The van der Waals surface area contributed by atoms with Crippen LogP contribution >= 0.6 is 0 Å². The van der Waals surface area contributed by atoms with Gasteiger partial charge in [0, 0.05) is 12.6 Å². The Morgan fingerprint density at radius 2 is 2.05 bits per heavy atom. The van der Waals surface area contributed by atoms with Crippen LogP contribution < -0.4 is 5.73 Å². The van der Waals surface area contributed by atoms with Crippen molar-refractivity contribution in [1.29, 1.82) is 0 Å². The molecule has 3 N–H and O–H groups in total. The number of halogens is 2. The number of carboxylic acids is 1. The third kappa shape index (κ3) is 3.73. The van der Waals surface area contributed by atoms with Crippen LogP contribution in [0.2, 0.25) is 0 Å². The minimum Gasteiger partial charge on any atom is -0.481 e. The van der Waals surface area contributed by atoms with E-state index in [1.807, 2.05) is 13.8 Å². The standard InChI is InChI=1S/C14H19F2NO2/c1-9(2)6-14(8-17,13(18)19)7-10-3-4-11(15)5-12(10)16/h3-5,9H,6-8,17H2,1-2H3,(H,18,19). The molecule has 0 fully saturated rings. The maximum Gasteiger partial charge on any atom is 0.311 e. The second-order valence-electron chi connectivity index (χ2n) is 5.30. The van der Waals surface area contributed by atoms with Crippen LogP contribution in [0.25, 0.3) is 0 Å². The molecule has 0 radical (unpaired) electrons. The summed E-state index contributed by atoms with van der Waals surface area (Å²) < 4.78 is 26.5. The van der Waals surface area contributed by atoms with E-state index in [2.05, 4.69) is 0 Å². The molecule has 3 nitrogen and oxygen atoms in total. The third-order valence-electron chi connectivity index (χ3n) is 3.19. The van der Waals surface area contributed by atoms with E-state index in [9.17, 15) is 18.7 Å². The van der Waals surface area contributed by atoms with Gasteiger partial charge in [0.2, 0.25) is 0 Å². The molecule has 19 heavy (non-hydrogen) atoms. The van der Waals surface area contributed by atoms with Gasteiger partial charge in [-0.2, -0.15) is 0 Å². The molecule has 0 saturated carbocycles. The summed E-state index contributed by atoms with van der Waals surface area (Å²) in [5.41, 5.74) is 4.57. The van der Waals surface area contributed by atoms with Crippen LogP contribution in [0.15, 0.2) is 18.2 Å². The molecule has 0 bridgehead atoms. The summed E-state index contributed by atoms with van der Waals surface area (Å²) in [5.74, 6) is -2.35. The number of carbonyl (C=O) groups is 1. The largest absolute Gasteiger partial charge is 0.481 e. The molecule has 1 atom stereocenters. The molecule has 0 aliphatic rings. The van der Waals surface area contributed by atoms with Gasteiger partial charge in [-0.25, -0.2) is 8.78 Å². The zero-order chi connectivity index (χ0) is 14.6. The van der Waals surface area contributed by atoms with Gasteiger partial charge in [0.25, 0.3) is 0 Å². The van der Waals surface area contributed by atoms with E-state index in [1.54, 1.807) is 0 Å². The van der Waals surface area contributed by atoms with Crippen molar-refractivity contribution >= 4 is 5.97 Å². The quantitative estimate of drug-likeness (QED) is 0.836. The molecule has 106 valence electrons. The Morgan fingerprint density at radius 1 is 1.42 bits per heavy atom. The minimum atomic E-state index is -1.22. The summed E-state index contributed by atoms with van der Waals surface area (Å²) in [5, 5.41) is 9.40. The molecular formula is C14H19F2NO2. The van der Waals surface area contributed by atoms with Gasteiger partial charge < -0.3 is 10.8 Å². The summed E-state index contributed by atoms with van der Waals surface area (Å²) in [4.78, 5) is 11.5. The fourth-order valence-electron chi connectivity index (χ4n) is 2.29. The first-order chi connectivity index (χ1) is 8.80. The predicted molar refractivity (Wildman–Crippen MR) is 68.6 cm³/mol. The lowest BCUT2D eigenvalue weighted by Crippen LogP contribution is -2.42. The first kappa shape index (κ1) is 15.6. The summed E-state index contributed by atoms with van der Waals surface area (Å²) in [6.07, 6.45) is 0.304. The van der Waals surface area contributed by atoms with Gasteiger partial charge in [-0.05, 0) is 30.4 Å². The number of hydrogen-bond donors (Lipinski definition) is 2. The highest BCUT2D eigenvalue weighted by Gasteiger charge is 2.38. The van der Waals surface area contributed by atoms with Gasteiger partial charge in [0.05, 0.1) is 5.41 Å². The van der Waals surface area contributed by atoms with E-state index in [4.69, 9.17) is 5.73 Å². The maximum absolute atomic E-state index is 13.6. The SMILES string of the molecule is CC(C)CC(CN)(Cc1ccc(F)cc1F)C(=O)O. The van der Waals surface area contributed by atoms with Crippen molar-refractivity contribution in [3.05, 3.63) is 35.4 Å². The Hall–Kier alpha value is -1.49. The van der Waals surface area contributed by atoms with Crippen molar-refractivity contribution in [3.63, 3.8) is 0 Å². The van der Waals surface area contributed by atoms with Crippen LogP contribution in [0.3, 0.4) is 0 Å². The fourth-order valence-corrected chi connectivity index (χ4v) is 2.29. The highest BCUT2D eigenvalue weighted by Crippen LogP contribution is 2.31. The Kier molecular flexibility index (Phi) is 5.00. The molecule has 0 heterocycles. The van der Waals surface area contributed by atoms with Gasteiger partial charge in [-0.15, -0.1) is 0 Å². The van der Waals surface area contributed by atoms with Crippen molar-refractivity contribution in [2.75, 3.05) is 6.54 Å². The van der Waals surface area contributed by atoms with Gasteiger partial charge in [-0.1, -0.05) is 19.9 Å². The zero-order valence-corrected chi connectivity index (χ0v) is 11.1. The second kappa shape index (κ2) is 6.10. The van der Waals surface area contributed by atoms with E-state index in [-0.39, 0.29) is 24.4 Å². The lowest BCUT2D eigenvalue weighted by molar-refractivity contribution is -0.149. The molecule has 0 amide bonds. The molecule has 0 aromatic heterocycles. The fraction of sp³-hybridized carbons (Fsp3) is 0.500. The maximum atomic E-state index is 13.6. The second-order valence-corrected chi connectivity index (χ2v) is 5.30. The Morgan fingerprint density at radius 3 is 2.47 bits per heavy atom. The molecule has 1 rings (SSSR count). The Bertz CT molecular complexity index is 463. The first-order valence-corrected chi connectivity index (χ1v) is 6.18. The number of carboxylic acid groups (broad SMARTS) is 1. The van der Waals surface area contributed by atoms with Crippen molar-refractivity contribution in [2.45, 2.75) is 26.7 Å². The lowest BCUT2D eigenvalue weighted by Gasteiger charge is -2.30. The summed E-state index contributed by atoms with van der Waals surface area (Å²) in [6, 6.07) is 3.16. The summed E-state index contributed by atoms with van der Waals surface area (Å²) >= 11 is 0. The Labute approximate surface area is 111 Å². The number of hydrogen-bond acceptors (Lipinski definition) is 2. The number of rotatable bonds is 6. The van der Waals surface area contributed by atoms with Crippen LogP contribution in [-0.4, -0.2) is 17.6 Å². The van der Waals surface area contributed by atoms with Crippen LogP contribution in [0.1, 0.15) is 25.8 Å². The number of aliphatic carboxylic acids is 1. The molecule has 0 saturated heterocycles. The van der Waals surface area contributed by atoms with Crippen LogP contribution in [0.4, 0.5) is 8.78 Å². The summed E-state index contributed by atoms with van der Waals surface area (Å²) in [7, 11) is 0. The lowest BCUT2D eigenvalue weighted by atomic mass is 9.75. The Balaban J connectivity index is 3.09. The van der Waals surface area contributed by atoms with Crippen molar-refractivity contribution < 1.29 is 18.7 Å². The molecule has 1 unspecified atom stereocenters. The molecule has 5 heteroatoms. The molecule has 0 aliphatic heterocycles. The molecule has 1 aromatic carbocycles. The highest BCUT2D eigenvalue weighted by molar-refractivity contribution is 5.75. The van der Waals surface area contributed by atoms with Gasteiger partial charge in [0.15, 0.2) is 0 Å². The zero-order valence-electron chi connectivity index (χ0n) is 11.1. The normalized spacial score (nSPS) is 14.4. The molecule has 0 spiro atoms. The van der Waals surface area contributed by atoms with E-state index in [0.717, 1.165) is 12.1 Å². The average Bonchev–Trinajstić information content (AvgIpc) is 2.30. The van der Waals surface area contributed by atoms with E-state index < -0.39 is 23.0 Å². The monoisotopic (exact) mass is 271 g/mol. The molecule has 1 aromatic rings. The topological polar surface area (TPSA) is 63.3 Å². The van der Waals surface area contributed by atoms with Gasteiger partial charge in [-0.3, -0.25) is 4.79 Å². The van der Waals surface area contributed by atoms with Gasteiger partial charge in [0.1, 0.15) is 11.6 Å².